The number of pyridine rings is 1. The van der Waals surface area contributed by atoms with Crippen LogP contribution >= 0.6 is 12.2 Å². The molecule has 0 bridgehead atoms. The molecule has 0 unspecified atom stereocenters. The van der Waals surface area contributed by atoms with E-state index in [-0.39, 0.29) is 18.9 Å². The van der Waals surface area contributed by atoms with Crippen molar-refractivity contribution in [2.75, 3.05) is 11.7 Å². The summed E-state index contributed by atoms with van der Waals surface area (Å²) in [5.41, 5.74) is 9.13. The van der Waals surface area contributed by atoms with Gasteiger partial charge in [0.05, 0.1) is 17.8 Å². The number of aromatic nitrogens is 2. The number of benzene rings is 2. The van der Waals surface area contributed by atoms with Gasteiger partial charge in [0.25, 0.3) is 0 Å². The predicted octanol–water partition coefficient (Wildman–Crippen LogP) is 6.01. The lowest BCUT2D eigenvalue weighted by Gasteiger charge is -2.28. The van der Waals surface area contributed by atoms with Crippen molar-refractivity contribution in [3.8, 4) is 17.2 Å². The number of hydrogen-bond donors (Lipinski definition) is 1. The van der Waals surface area contributed by atoms with Crippen molar-refractivity contribution in [3.63, 3.8) is 0 Å². The fraction of sp³-hybridized carbons (Fsp3) is 0.241. The Bertz CT molecular complexity index is 1460. The van der Waals surface area contributed by atoms with Crippen LogP contribution < -0.4 is 19.7 Å². The first kappa shape index (κ1) is 22.6. The molecule has 6 nitrogen and oxygen atoms in total. The van der Waals surface area contributed by atoms with Crippen LogP contribution in [0.1, 0.15) is 45.9 Å². The van der Waals surface area contributed by atoms with Crippen molar-refractivity contribution in [3.05, 3.63) is 101 Å². The van der Waals surface area contributed by atoms with Gasteiger partial charge in [-0.25, -0.2) is 0 Å². The molecule has 6 rings (SSSR count). The van der Waals surface area contributed by atoms with Gasteiger partial charge >= 0.3 is 0 Å². The van der Waals surface area contributed by atoms with Crippen molar-refractivity contribution in [2.24, 2.45) is 0 Å². The first-order chi connectivity index (χ1) is 17.4. The van der Waals surface area contributed by atoms with Crippen LogP contribution in [0.15, 0.2) is 66.9 Å². The number of nitrogens with zero attached hydrogens (tertiary/aromatic N) is 3. The second-order valence-corrected chi connectivity index (χ2v) is 9.93. The first-order valence-corrected chi connectivity index (χ1v) is 12.5. The van der Waals surface area contributed by atoms with Crippen LogP contribution in [0.2, 0.25) is 0 Å². The summed E-state index contributed by atoms with van der Waals surface area (Å²) in [6.45, 7) is 8.87. The van der Waals surface area contributed by atoms with Crippen LogP contribution in [0.3, 0.4) is 0 Å². The van der Waals surface area contributed by atoms with Crippen LogP contribution in [0.25, 0.3) is 5.69 Å². The van der Waals surface area contributed by atoms with E-state index in [4.69, 9.17) is 26.7 Å². The maximum absolute atomic E-state index is 5.92. The lowest BCUT2D eigenvalue weighted by molar-refractivity contribution is 0.174. The smallest absolute Gasteiger partial charge is 0.231 e. The van der Waals surface area contributed by atoms with Gasteiger partial charge in [-0.1, -0.05) is 12.1 Å². The van der Waals surface area contributed by atoms with Gasteiger partial charge in [-0.05, 0) is 99.1 Å². The Kier molecular flexibility index (Phi) is 5.45. The second-order valence-electron chi connectivity index (χ2n) is 9.54. The van der Waals surface area contributed by atoms with Gasteiger partial charge in [0, 0.05) is 35.0 Å². The molecular weight excluding hydrogens is 468 g/mol. The number of anilines is 1. The van der Waals surface area contributed by atoms with Crippen molar-refractivity contribution in [1.29, 1.82) is 0 Å². The molecule has 1 N–H and O–H groups in total. The quantitative estimate of drug-likeness (QED) is 0.349. The molecule has 2 aliphatic heterocycles. The first-order valence-electron chi connectivity index (χ1n) is 12.1. The fourth-order valence-corrected chi connectivity index (χ4v) is 5.89. The number of thiocarbonyl (C=S) groups is 1. The summed E-state index contributed by atoms with van der Waals surface area (Å²) in [7, 11) is 0. The van der Waals surface area contributed by atoms with E-state index >= 15 is 0 Å². The molecule has 182 valence electrons. The van der Waals surface area contributed by atoms with E-state index in [0.717, 1.165) is 22.9 Å². The molecule has 4 heterocycles. The molecule has 1 saturated heterocycles. The van der Waals surface area contributed by atoms with Gasteiger partial charge in [-0.2, -0.15) is 0 Å². The molecule has 2 aliphatic rings. The average molecular weight is 497 g/mol. The van der Waals surface area contributed by atoms with Gasteiger partial charge in [0.2, 0.25) is 6.79 Å². The minimum Gasteiger partial charge on any atom is -0.454 e. The molecule has 2 atom stereocenters. The van der Waals surface area contributed by atoms with Gasteiger partial charge in [0.1, 0.15) is 0 Å². The van der Waals surface area contributed by atoms with Gasteiger partial charge in [-0.15, -0.1) is 0 Å². The van der Waals surface area contributed by atoms with Crippen LogP contribution in [0.4, 0.5) is 5.69 Å². The summed E-state index contributed by atoms with van der Waals surface area (Å²) in [6.07, 6.45) is 1.83. The lowest BCUT2D eigenvalue weighted by Crippen LogP contribution is -2.29. The maximum Gasteiger partial charge on any atom is 0.231 e. The molecule has 2 aromatic heterocycles. The number of fused-ring (bicyclic) bond motifs is 1. The van der Waals surface area contributed by atoms with Crippen molar-refractivity contribution in [2.45, 2.75) is 39.8 Å². The third kappa shape index (κ3) is 3.71. The monoisotopic (exact) mass is 496 g/mol. The number of aryl methyl sites for hydroxylation is 3. The summed E-state index contributed by atoms with van der Waals surface area (Å²) < 4.78 is 13.6. The Hall–Kier alpha value is -3.84. The Balaban J connectivity index is 1.52. The highest BCUT2D eigenvalue weighted by molar-refractivity contribution is 7.80. The molecule has 0 radical (unpaired) electrons. The maximum atomic E-state index is 5.92. The Morgan fingerprint density at radius 3 is 2.42 bits per heavy atom. The standard InChI is InChI=1S/C29H28N4O2S/c1-17-11-18(2)13-22(12-17)32-19(3)14-23(20(32)4)28-27(24-7-5-6-10-30-24)31-29(36)33(28)21-8-9-25-26(15-21)35-16-34-25/h5-15,27-28H,16H2,1-4H3,(H,31,36)/t27-,28-/m0/s1. The zero-order valence-electron chi connectivity index (χ0n) is 20.8. The molecule has 7 heteroatoms. The summed E-state index contributed by atoms with van der Waals surface area (Å²) in [4.78, 5) is 6.88. The van der Waals surface area contributed by atoms with E-state index in [1.54, 1.807) is 0 Å². The minimum atomic E-state index is -0.114. The number of rotatable bonds is 4. The minimum absolute atomic E-state index is 0.0985. The molecule has 36 heavy (non-hydrogen) atoms. The summed E-state index contributed by atoms with van der Waals surface area (Å²) in [5, 5.41) is 4.22. The third-order valence-corrected chi connectivity index (χ3v) is 7.30. The molecule has 0 aliphatic carbocycles. The van der Waals surface area contributed by atoms with Crippen molar-refractivity contribution in [1.82, 2.24) is 14.9 Å². The zero-order valence-corrected chi connectivity index (χ0v) is 21.6. The molecular formula is C29H28N4O2S. The SMILES string of the molecule is Cc1cc(C)cc(-n2c(C)cc([C@H]3[C@H](c4ccccn4)NC(=S)N3c3ccc4c(c3)OCO4)c2C)c1. The molecule has 0 amide bonds. The van der Waals surface area contributed by atoms with Gasteiger partial charge in [-0.3, -0.25) is 4.98 Å². The topological polar surface area (TPSA) is 51.6 Å². The van der Waals surface area contributed by atoms with Crippen LogP contribution in [0.5, 0.6) is 11.5 Å². The zero-order chi connectivity index (χ0) is 25.0. The van der Waals surface area contributed by atoms with Gasteiger partial charge in [0.15, 0.2) is 16.6 Å². The van der Waals surface area contributed by atoms with Crippen LogP contribution in [-0.4, -0.2) is 21.5 Å². The highest BCUT2D eigenvalue weighted by Crippen LogP contribution is 2.46. The fourth-order valence-electron chi connectivity index (χ4n) is 5.55. The van der Waals surface area contributed by atoms with Crippen molar-refractivity contribution >= 4 is 23.0 Å². The van der Waals surface area contributed by atoms with E-state index in [0.29, 0.717) is 5.11 Å². The summed E-state index contributed by atoms with van der Waals surface area (Å²) >= 11 is 5.92. The normalized spacial score (nSPS) is 18.6. The van der Waals surface area contributed by atoms with Crippen molar-refractivity contribution < 1.29 is 9.47 Å². The van der Waals surface area contributed by atoms with E-state index in [1.165, 1.54) is 33.8 Å². The molecule has 2 aromatic carbocycles. The highest BCUT2D eigenvalue weighted by Gasteiger charge is 2.42. The molecule has 0 spiro atoms. The number of hydrogen-bond acceptors (Lipinski definition) is 4. The van der Waals surface area contributed by atoms with Crippen LogP contribution in [0, 0.1) is 27.7 Å². The summed E-state index contributed by atoms with van der Waals surface area (Å²) in [6, 6.07) is 20.8. The predicted molar refractivity (Wildman–Crippen MR) is 145 cm³/mol. The average Bonchev–Trinajstić information content (AvgIpc) is 3.53. The largest absolute Gasteiger partial charge is 0.454 e. The highest BCUT2D eigenvalue weighted by atomic mass is 32.1. The Morgan fingerprint density at radius 1 is 0.889 bits per heavy atom. The van der Waals surface area contributed by atoms with Crippen LogP contribution in [-0.2, 0) is 0 Å². The summed E-state index contributed by atoms with van der Waals surface area (Å²) in [5.74, 6) is 1.48. The van der Waals surface area contributed by atoms with E-state index in [9.17, 15) is 0 Å². The lowest BCUT2D eigenvalue weighted by atomic mass is 9.96. The molecule has 0 saturated carbocycles. The number of ether oxygens (including phenoxy) is 2. The Morgan fingerprint density at radius 2 is 1.67 bits per heavy atom. The van der Waals surface area contributed by atoms with E-state index in [1.807, 2.05) is 36.5 Å². The van der Waals surface area contributed by atoms with E-state index in [2.05, 4.69) is 72.8 Å². The molecule has 4 aromatic rings. The second kappa shape index (κ2) is 8.68. The number of nitrogens with one attached hydrogen (secondary N) is 1. The van der Waals surface area contributed by atoms with E-state index < -0.39 is 0 Å². The van der Waals surface area contributed by atoms with Gasteiger partial charge < -0.3 is 24.3 Å². The third-order valence-electron chi connectivity index (χ3n) is 6.99. The molecule has 1 fully saturated rings. The Labute approximate surface area is 216 Å².